The summed E-state index contributed by atoms with van der Waals surface area (Å²) < 4.78 is 5.83. The van der Waals surface area contributed by atoms with Crippen molar-refractivity contribution >= 4 is 11.6 Å². The molecule has 0 aromatic heterocycles. The minimum absolute atomic E-state index is 0.0787. The molecule has 1 aliphatic rings. The van der Waals surface area contributed by atoms with Crippen LogP contribution in [0, 0.1) is 13.8 Å². The lowest BCUT2D eigenvalue weighted by Gasteiger charge is -2.26. The molecule has 0 atom stereocenters. The second-order valence-corrected chi connectivity index (χ2v) is 6.98. The van der Waals surface area contributed by atoms with Crippen LogP contribution in [0.3, 0.4) is 0 Å². The molecule has 1 saturated heterocycles. The molecule has 0 unspecified atom stereocenters. The SMILES string of the molecule is Cc1cccc(C(=O)Nc2ccc(OCCN3CCCCC3)cc2)c1C. The van der Waals surface area contributed by atoms with Crippen LogP contribution in [0.25, 0.3) is 0 Å². The Morgan fingerprint density at radius 2 is 1.77 bits per heavy atom. The van der Waals surface area contributed by atoms with E-state index < -0.39 is 0 Å². The fraction of sp³-hybridized carbons (Fsp3) is 0.409. The Labute approximate surface area is 156 Å². The zero-order chi connectivity index (χ0) is 18.4. The fourth-order valence-electron chi connectivity index (χ4n) is 3.31. The van der Waals surface area contributed by atoms with Gasteiger partial charge in [0.05, 0.1) is 0 Å². The standard InChI is InChI=1S/C22H28N2O2/c1-17-7-6-8-21(18(17)2)22(25)23-19-9-11-20(12-10-19)26-16-15-24-13-4-3-5-14-24/h6-12H,3-5,13-16H2,1-2H3,(H,23,25). The van der Waals surface area contributed by atoms with Gasteiger partial charge in [-0.25, -0.2) is 0 Å². The van der Waals surface area contributed by atoms with Gasteiger partial charge in [-0.2, -0.15) is 0 Å². The van der Waals surface area contributed by atoms with Crippen LogP contribution in [0.5, 0.6) is 5.75 Å². The number of ether oxygens (including phenoxy) is 1. The molecule has 0 aliphatic carbocycles. The number of benzene rings is 2. The summed E-state index contributed by atoms with van der Waals surface area (Å²) in [7, 11) is 0. The monoisotopic (exact) mass is 352 g/mol. The summed E-state index contributed by atoms with van der Waals surface area (Å²) in [6.07, 6.45) is 3.95. The summed E-state index contributed by atoms with van der Waals surface area (Å²) in [5, 5.41) is 2.96. The number of carbonyl (C=O) groups excluding carboxylic acids is 1. The van der Waals surface area contributed by atoms with Gasteiger partial charge in [0.1, 0.15) is 12.4 Å². The van der Waals surface area contributed by atoms with Gasteiger partial charge >= 0.3 is 0 Å². The highest BCUT2D eigenvalue weighted by Gasteiger charge is 2.11. The molecule has 2 aromatic rings. The van der Waals surface area contributed by atoms with Crippen molar-refractivity contribution in [2.75, 3.05) is 31.6 Å². The molecular formula is C22H28N2O2. The van der Waals surface area contributed by atoms with Gasteiger partial charge in [0.2, 0.25) is 0 Å². The zero-order valence-electron chi connectivity index (χ0n) is 15.8. The third-order valence-electron chi connectivity index (χ3n) is 5.09. The second kappa shape index (κ2) is 8.86. The summed E-state index contributed by atoms with van der Waals surface area (Å²) in [5.41, 5.74) is 3.63. The Morgan fingerprint density at radius 1 is 1.04 bits per heavy atom. The van der Waals surface area contributed by atoms with Crippen LogP contribution >= 0.6 is 0 Å². The first-order chi connectivity index (χ1) is 12.6. The van der Waals surface area contributed by atoms with Crippen LogP contribution in [-0.4, -0.2) is 37.0 Å². The smallest absolute Gasteiger partial charge is 0.255 e. The summed E-state index contributed by atoms with van der Waals surface area (Å²) >= 11 is 0. The molecule has 0 bridgehead atoms. The summed E-state index contributed by atoms with van der Waals surface area (Å²) in [6, 6.07) is 13.4. The maximum atomic E-state index is 12.5. The van der Waals surface area contributed by atoms with E-state index in [1.807, 2.05) is 56.3 Å². The Hall–Kier alpha value is -2.33. The Morgan fingerprint density at radius 3 is 2.50 bits per heavy atom. The third-order valence-corrected chi connectivity index (χ3v) is 5.09. The van der Waals surface area contributed by atoms with Gasteiger partial charge in [0.25, 0.3) is 5.91 Å². The molecule has 0 radical (unpaired) electrons. The van der Waals surface area contributed by atoms with Gasteiger partial charge in [0, 0.05) is 17.8 Å². The second-order valence-electron chi connectivity index (χ2n) is 6.98. The van der Waals surface area contributed by atoms with Crippen LogP contribution in [0.15, 0.2) is 42.5 Å². The van der Waals surface area contributed by atoms with Crippen molar-refractivity contribution in [3.8, 4) is 5.75 Å². The molecule has 1 heterocycles. The van der Waals surface area contributed by atoms with Crippen molar-refractivity contribution in [2.24, 2.45) is 0 Å². The minimum Gasteiger partial charge on any atom is -0.492 e. The number of nitrogens with one attached hydrogen (secondary N) is 1. The fourth-order valence-corrected chi connectivity index (χ4v) is 3.31. The topological polar surface area (TPSA) is 41.6 Å². The lowest BCUT2D eigenvalue weighted by Crippen LogP contribution is -2.33. The molecule has 4 nitrogen and oxygen atoms in total. The van der Waals surface area contributed by atoms with E-state index in [4.69, 9.17) is 4.74 Å². The number of hydrogen-bond acceptors (Lipinski definition) is 3. The molecule has 1 N–H and O–H groups in total. The number of nitrogens with zero attached hydrogens (tertiary/aromatic N) is 1. The van der Waals surface area contributed by atoms with E-state index in [0.717, 1.165) is 29.1 Å². The van der Waals surface area contributed by atoms with Crippen LogP contribution < -0.4 is 10.1 Å². The Balaban J connectivity index is 1.50. The number of hydrogen-bond donors (Lipinski definition) is 1. The molecular weight excluding hydrogens is 324 g/mol. The van der Waals surface area contributed by atoms with E-state index in [1.54, 1.807) is 0 Å². The van der Waals surface area contributed by atoms with Crippen molar-refractivity contribution in [3.63, 3.8) is 0 Å². The predicted octanol–water partition coefficient (Wildman–Crippen LogP) is 4.42. The van der Waals surface area contributed by atoms with E-state index in [1.165, 1.54) is 32.4 Å². The first-order valence-electron chi connectivity index (χ1n) is 9.46. The average Bonchev–Trinajstić information content (AvgIpc) is 2.66. The van der Waals surface area contributed by atoms with Gasteiger partial charge in [-0.05, 0) is 81.2 Å². The first-order valence-corrected chi connectivity index (χ1v) is 9.46. The molecule has 1 amide bonds. The number of aryl methyl sites for hydroxylation is 1. The molecule has 0 saturated carbocycles. The molecule has 138 valence electrons. The summed E-state index contributed by atoms with van der Waals surface area (Å²) in [6.45, 7) is 8.05. The van der Waals surface area contributed by atoms with E-state index in [0.29, 0.717) is 12.2 Å². The maximum Gasteiger partial charge on any atom is 0.255 e. The Kier molecular flexibility index (Phi) is 6.29. The van der Waals surface area contributed by atoms with Gasteiger partial charge in [-0.1, -0.05) is 18.6 Å². The molecule has 0 spiro atoms. The lowest BCUT2D eigenvalue weighted by atomic mass is 10.0. The van der Waals surface area contributed by atoms with E-state index in [-0.39, 0.29) is 5.91 Å². The largest absolute Gasteiger partial charge is 0.492 e. The van der Waals surface area contributed by atoms with Crippen molar-refractivity contribution in [2.45, 2.75) is 33.1 Å². The third kappa shape index (κ3) is 4.85. The Bertz CT molecular complexity index is 734. The van der Waals surface area contributed by atoms with E-state index in [9.17, 15) is 4.79 Å². The van der Waals surface area contributed by atoms with Crippen molar-refractivity contribution in [1.82, 2.24) is 4.90 Å². The van der Waals surface area contributed by atoms with E-state index in [2.05, 4.69) is 10.2 Å². The number of piperidine rings is 1. The maximum absolute atomic E-state index is 12.5. The first kappa shape index (κ1) is 18.5. The lowest BCUT2D eigenvalue weighted by molar-refractivity contribution is 0.102. The van der Waals surface area contributed by atoms with Gasteiger partial charge in [-0.3, -0.25) is 9.69 Å². The number of rotatable bonds is 6. The molecule has 2 aromatic carbocycles. The van der Waals surface area contributed by atoms with Crippen molar-refractivity contribution in [1.29, 1.82) is 0 Å². The summed E-state index contributed by atoms with van der Waals surface area (Å²) in [4.78, 5) is 14.9. The summed E-state index contributed by atoms with van der Waals surface area (Å²) in [5.74, 6) is 0.761. The number of anilines is 1. The highest BCUT2D eigenvalue weighted by molar-refractivity contribution is 6.05. The zero-order valence-corrected chi connectivity index (χ0v) is 15.8. The highest BCUT2D eigenvalue weighted by atomic mass is 16.5. The molecule has 3 rings (SSSR count). The van der Waals surface area contributed by atoms with Gasteiger partial charge in [-0.15, -0.1) is 0 Å². The average molecular weight is 352 g/mol. The van der Waals surface area contributed by atoms with Crippen LogP contribution in [0.4, 0.5) is 5.69 Å². The molecule has 26 heavy (non-hydrogen) atoms. The van der Waals surface area contributed by atoms with Gasteiger partial charge < -0.3 is 10.1 Å². The quantitative estimate of drug-likeness (QED) is 0.837. The predicted molar refractivity (Wildman–Crippen MR) is 106 cm³/mol. The van der Waals surface area contributed by atoms with Crippen LogP contribution in [0.2, 0.25) is 0 Å². The van der Waals surface area contributed by atoms with Crippen LogP contribution in [0.1, 0.15) is 40.7 Å². The number of likely N-dealkylation sites (tertiary alicyclic amines) is 1. The normalized spacial score (nSPS) is 14.8. The van der Waals surface area contributed by atoms with Gasteiger partial charge in [0.15, 0.2) is 0 Å². The van der Waals surface area contributed by atoms with E-state index >= 15 is 0 Å². The number of carbonyl (C=O) groups is 1. The molecule has 1 aliphatic heterocycles. The van der Waals surface area contributed by atoms with Crippen molar-refractivity contribution < 1.29 is 9.53 Å². The minimum atomic E-state index is -0.0787. The molecule has 4 heteroatoms. The van der Waals surface area contributed by atoms with Crippen molar-refractivity contribution in [3.05, 3.63) is 59.2 Å². The highest BCUT2D eigenvalue weighted by Crippen LogP contribution is 2.19. The number of amides is 1. The molecule has 1 fully saturated rings. The van der Waals surface area contributed by atoms with Crippen LogP contribution in [-0.2, 0) is 0 Å².